The molecule has 0 aromatic heterocycles. The quantitative estimate of drug-likeness (QED) is 0.499. The molecule has 0 amide bonds. The van der Waals surface area contributed by atoms with Gasteiger partial charge in [-0.25, -0.2) is 8.78 Å². The van der Waals surface area contributed by atoms with E-state index in [2.05, 4.69) is 6.58 Å². The molecule has 0 saturated heterocycles. The van der Waals surface area contributed by atoms with E-state index in [-0.39, 0.29) is 0 Å². The van der Waals surface area contributed by atoms with Crippen LogP contribution in [0.3, 0.4) is 0 Å². The van der Waals surface area contributed by atoms with Crippen LogP contribution >= 0.6 is 0 Å². The van der Waals surface area contributed by atoms with Gasteiger partial charge in [-0.05, 0) is 0 Å². The van der Waals surface area contributed by atoms with Crippen LogP contribution in [0.2, 0.25) is 0 Å². The van der Waals surface area contributed by atoms with Crippen molar-refractivity contribution in [3.8, 4) is 0 Å². The number of halogens is 4. The Labute approximate surface area is 43.8 Å². The minimum atomic E-state index is -3.99. The fourth-order valence-corrected chi connectivity index (χ4v) is 0.0725. The molecular formula is C4H4F4. The van der Waals surface area contributed by atoms with Crippen molar-refractivity contribution >= 4 is 0 Å². The molecule has 4 heteroatoms. The highest BCUT2D eigenvalue weighted by atomic mass is 19.3. The van der Waals surface area contributed by atoms with Crippen molar-refractivity contribution in [2.75, 3.05) is 6.67 Å². The molecule has 0 aliphatic heterocycles. The zero-order valence-electron chi connectivity index (χ0n) is 3.93. The van der Waals surface area contributed by atoms with Crippen LogP contribution in [0.1, 0.15) is 0 Å². The largest absolute Gasteiger partial charge is 0.325 e. The van der Waals surface area contributed by atoms with Gasteiger partial charge in [-0.15, -0.1) is 0 Å². The zero-order chi connectivity index (χ0) is 6.78. The Kier molecular flexibility index (Phi) is 2.01. The molecule has 0 saturated carbocycles. The lowest BCUT2D eigenvalue weighted by molar-refractivity contribution is -0.00465. The van der Waals surface area contributed by atoms with E-state index in [0.29, 0.717) is 0 Å². The van der Waals surface area contributed by atoms with Crippen molar-refractivity contribution in [2.24, 2.45) is 0 Å². The lowest BCUT2D eigenvalue weighted by Crippen LogP contribution is -2.18. The summed E-state index contributed by atoms with van der Waals surface area (Å²) < 4.78 is 45.1. The highest BCUT2D eigenvalue weighted by molar-refractivity contribution is 4.96. The van der Waals surface area contributed by atoms with Crippen molar-refractivity contribution in [1.82, 2.24) is 0 Å². The molecule has 0 radical (unpaired) electrons. The van der Waals surface area contributed by atoms with E-state index in [0.717, 1.165) is 0 Å². The van der Waals surface area contributed by atoms with Crippen LogP contribution in [-0.4, -0.2) is 12.6 Å². The first-order valence-corrected chi connectivity index (χ1v) is 1.79. The van der Waals surface area contributed by atoms with E-state index >= 15 is 0 Å². The Morgan fingerprint density at radius 1 is 1.50 bits per heavy atom. The van der Waals surface area contributed by atoms with E-state index in [1.54, 1.807) is 0 Å². The smallest absolute Gasteiger partial charge is 0.244 e. The molecule has 0 heterocycles. The van der Waals surface area contributed by atoms with Crippen molar-refractivity contribution < 1.29 is 17.6 Å². The van der Waals surface area contributed by atoms with E-state index in [9.17, 15) is 17.6 Å². The number of alkyl halides is 3. The minimum Gasteiger partial charge on any atom is -0.244 e. The Morgan fingerprint density at radius 2 is 1.88 bits per heavy atom. The summed E-state index contributed by atoms with van der Waals surface area (Å²) in [6.45, 7) is 0.216. The van der Waals surface area contributed by atoms with Crippen molar-refractivity contribution in [1.29, 1.82) is 0 Å². The second kappa shape index (κ2) is 2.15. The molecule has 0 aliphatic carbocycles. The maximum absolute atomic E-state index is 11.4. The third kappa shape index (κ3) is 1.52. The summed E-state index contributed by atoms with van der Waals surface area (Å²) in [5.74, 6) is -5.92. The average Bonchev–Trinajstić information content (AvgIpc) is 1.67. The van der Waals surface area contributed by atoms with Gasteiger partial charge in [-0.3, -0.25) is 0 Å². The van der Waals surface area contributed by atoms with Crippen LogP contribution in [-0.2, 0) is 0 Å². The van der Waals surface area contributed by atoms with E-state index in [4.69, 9.17) is 0 Å². The van der Waals surface area contributed by atoms with Gasteiger partial charge in [0.25, 0.3) is 0 Å². The number of hydrogen-bond acceptors (Lipinski definition) is 0. The zero-order valence-corrected chi connectivity index (χ0v) is 3.93. The van der Waals surface area contributed by atoms with Gasteiger partial charge in [0.05, 0.1) is 0 Å². The molecule has 0 aliphatic rings. The standard InChI is InChI=1S/C4H4F4/c1-3(6)4(7,8)2-5/h1-2H2. The molecule has 8 heavy (non-hydrogen) atoms. The first-order chi connectivity index (χ1) is 3.50. The minimum absolute atomic E-state index is 1.93. The maximum atomic E-state index is 11.4. The van der Waals surface area contributed by atoms with Crippen LogP contribution in [0, 0.1) is 0 Å². The Morgan fingerprint density at radius 3 is 1.88 bits per heavy atom. The molecule has 0 spiro atoms. The van der Waals surface area contributed by atoms with Crippen molar-refractivity contribution in [3.05, 3.63) is 12.4 Å². The van der Waals surface area contributed by atoms with E-state index < -0.39 is 18.4 Å². The maximum Gasteiger partial charge on any atom is 0.325 e. The van der Waals surface area contributed by atoms with Crippen LogP contribution in [0.25, 0.3) is 0 Å². The third-order valence-corrected chi connectivity index (χ3v) is 0.565. The van der Waals surface area contributed by atoms with Gasteiger partial charge in [-0.2, -0.15) is 8.78 Å². The molecule has 0 N–H and O–H groups in total. The fourth-order valence-electron chi connectivity index (χ4n) is 0.0725. The van der Waals surface area contributed by atoms with Crippen LogP contribution in [0.5, 0.6) is 0 Å². The average molecular weight is 128 g/mol. The molecule has 48 valence electrons. The Balaban J connectivity index is 3.91. The third-order valence-electron chi connectivity index (χ3n) is 0.565. The highest BCUT2D eigenvalue weighted by Gasteiger charge is 2.33. The van der Waals surface area contributed by atoms with Gasteiger partial charge in [-0.1, -0.05) is 6.58 Å². The lowest BCUT2D eigenvalue weighted by atomic mass is 10.3. The predicted octanol–water partition coefficient (Wildman–Crippen LogP) is 2.07. The van der Waals surface area contributed by atoms with Crippen LogP contribution in [0.4, 0.5) is 17.6 Å². The SMILES string of the molecule is C=C(F)C(F)(F)CF. The predicted molar refractivity (Wildman–Crippen MR) is 21.2 cm³/mol. The van der Waals surface area contributed by atoms with Gasteiger partial charge in [0.1, 0.15) is 0 Å². The highest BCUT2D eigenvalue weighted by Crippen LogP contribution is 2.23. The molecule has 0 nitrogen and oxygen atoms in total. The number of hydrogen-bond donors (Lipinski definition) is 0. The Bertz CT molecular complexity index is 96.2. The van der Waals surface area contributed by atoms with Crippen molar-refractivity contribution in [3.63, 3.8) is 0 Å². The lowest BCUT2D eigenvalue weighted by Gasteiger charge is -2.05. The summed E-state index contributed by atoms with van der Waals surface area (Å²) in [6, 6.07) is 0. The first-order valence-electron chi connectivity index (χ1n) is 1.79. The number of rotatable bonds is 2. The summed E-state index contributed by atoms with van der Waals surface area (Å²) in [7, 11) is 0. The molecule has 0 bridgehead atoms. The van der Waals surface area contributed by atoms with Crippen molar-refractivity contribution in [2.45, 2.75) is 5.92 Å². The molecular weight excluding hydrogens is 124 g/mol. The van der Waals surface area contributed by atoms with Gasteiger partial charge in [0.15, 0.2) is 12.5 Å². The van der Waals surface area contributed by atoms with Crippen LogP contribution in [0.15, 0.2) is 12.4 Å². The van der Waals surface area contributed by atoms with Gasteiger partial charge in [0.2, 0.25) is 0 Å². The molecule has 0 fully saturated rings. The Hall–Kier alpha value is -0.540. The summed E-state index contributed by atoms with van der Waals surface area (Å²) in [5.41, 5.74) is 0. The molecule has 0 aromatic carbocycles. The normalized spacial score (nSPS) is 11.5. The summed E-state index contributed by atoms with van der Waals surface area (Å²) >= 11 is 0. The topological polar surface area (TPSA) is 0 Å². The van der Waals surface area contributed by atoms with E-state index in [1.807, 2.05) is 0 Å². The summed E-state index contributed by atoms with van der Waals surface area (Å²) in [6.07, 6.45) is 0. The fraction of sp³-hybridized carbons (Fsp3) is 0.500. The summed E-state index contributed by atoms with van der Waals surface area (Å²) in [5, 5.41) is 0. The van der Waals surface area contributed by atoms with Crippen LogP contribution < -0.4 is 0 Å². The second-order valence-corrected chi connectivity index (χ2v) is 1.24. The second-order valence-electron chi connectivity index (χ2n) is 1.24. The number of allylic oxidation sites excluding steroid dienone is 1. The van der Waals surface area contributed by atoms with Gasteiger partial charge >= 0.3 is 5.92 Å². The first kappa shape index (κ1) is 7.46. The summed E-state index contributed by atoms with van der Waals surface area (Å²) in [4.78, 5) is 0. The molecule has 0 atom stereocenters. The molecule has 0 rings (SSSR count). The van der Waals surface area contributed by atoms with Gasteiger partial charge < -0.3 is 0 Å². The molecule has 0 unspecified atom stereocenters. The monoisotopic (exact) mass is 128 g/mol. The van der Waals surface area contributed by atoms with E-state index in [1.165, 1.54) is 0 Å². The molecule has 0 aromatic rings. The van der Waals surface area contributed by atoms with Gasteiger partial charge in [0, 0.05) is 0 Å².